The molecule has 1 saturated heterocycles. The van der Waals surface area contributed by atoms with E-state index in [4.69, 9.17) is 9.47 Å². The summed E-state index contributed by atoms with van der Waals surface area (Å²) in [5.41, 5.74) is 2.70. The van der Waals surface area contributed by atoms with E-state index in [1.54, 1.807) is 6.08 Å². The predicted molar refractivity (Wildman–Crippen MR) is 101 cm³/mol. The molecule has 7 heteroatoms. The Bertz CT molecular complexity index is 668. The standard InChI is InChI=1S/C21H32O7/c1-11(10-27-20-19(26)18(25)17(24)16(9-22)28-20)14-8-21(3)12(2)5-4-6-13(21)7-15(14)23/h7,12,16-20,22,24-26H,4-6,8-10H2,1-3H3/b14-11+/t12-,16+,17+,18-,19+,20+,21+/m0/s1. The average Bonchev–Trinajstić information content (AvgIpc) is 2.67. The fourth-order valence-corrected chi connectivity index (χ4v) is 4.60. The minimum atomic E-state index is -1.48. The normalized spacial score (nSPS) is 43.4. The molecule has 1 saturated carbocycles. The van der Waals surface area contributed by atoms with Gasteiger partial charge < -0.3 is 29.9 Å². The van der Waals surface area contributed by atoms with Crippen LogP contribution < -0.4 is 0 Å². The first-order valence-corrected chi connectivity index (χ1v) is 10.0. The van der Waals surface area contributed by atoms with Crippen LogP contribution in [0, 0.1) is 11.3 Å². The van der Waals surface area contributed by atoms with E-state index in [-0.39, 0.29) is 17.8 Å². The lowest BCUT2D eigenvalue weighted by molar-refractivity contribution is -0.299. The van der Waals surface area contributed by atoms with E-state index in [1.807, 2.05) is 6.92 Å². The Labute approximate surface area is 165 Å². The molecular formula is C21H32O7. The molecule has 3 aliphatic rings. The van der Waals surface area contributed by atoms with Gasteiger partial charge in [0.1, 0.15) is 24.4 Å². The van der Waals surface area contributed by atoms with Crippen molar-refractivity contribution in [2.24, 2.45) is 11.3 Å². The zero-order valence-electron chi connectivity index (χ0n) is 16.8. The highest BCUT2D eigenvalue weighted by Gasteiger charge is 2.45. The van der Waals surface area contributed by atoms with Crippen molar-refractivity contribution in [3.8, 4) is 0 Å². The van der Waals surface area contributed by atoms with Gasteiger partial charge in [0, 0.05) is 5.57 Å². The Balaban J connectivity index is 1.73. The van der Waals surface area contributed by atoms with E-state index < -0.39 is 37.3 Å². The van der Waals surface area contributed by atoms with Gasteiger partial charge >= 0.3 is 0 Å². The van der Waals surface area contributed by atoms with E-state index >= 15 is 0 Å². The third kappa shape index (κ3) is 3.84. The molecular weight excluding hydrogens is 364 g/mol. The van der Waals surface area contributed by atoms with Crippen LogP contribution in [0.1, 0.15) is 46.5 Å². The van der Waals surface area contributed by atoms with E-state index in [0.717, 1.165) is 30.4 Å². The average molecular weight is 396 g/mol. The van der Waals surface area contributed by atoms with Crippen molar-refractivity contribution in [2.45, 2.75) is 77.2 Å². The van der Waals surface area contributed by atoms with Crippen LogP contribution in [-0.2, 0) is 14.3 Å². The van der Waals surface area contributed by atoms with Crippen molar-refractivity contribution in [3.05, 3.63) is 22.8 Å². The van der Waals surface area contributed by atoms with E-state index in [9.17, 15) is 25.2 Å². The Morgan fingerprint density at radius 2 is 2.00 bits per heavy atom. The van der Waals surface area contributed by atoms with Gasteiger partial charge in [0.25, 0.3) is 0 Å². The van der Waals surface area contributed by atoms with Crippen LogP contribution in [0.25, 0.3) is 0 Å². The lowest BCUT2D eigenvalue weighted by Gasteiger charge is -2.45. The molecule has 3 rings (SSSR count). The highest BCUT2D eigenvalue weighted by Crippen LogP contribution is 2.51. The predicted octanol–water partition coefficient (Wildman–Crippen LogP) is 0.845. The van der Waals surface area contributed by atoms with Crippen LogP contribution in [0.15, 0.2) is 22.8 Å². The third-order valence-electron chi connectivity index (χ3n) is 6.88. The number of carbonyl (C=O) groups is 1. The molecule has 0 aromatic heterocycles. The largest absolute Gasteiger partial charge is 0.394 e. The van der Waals surface area contributed by atoms with Crippen molar-refractivity contribution in [3.63, 3.8) is 0 Å². The van der Waals surface area contributed by atoms with Crippen molar-refractivity contribution < 1.29 is 34.7 Å². The number of ether oxygens (including phenoxy) is 2. The van der Waals surface area contributed by atoms with Crippen LogP contribution in [0.2, 0.25) is 0 Å². The molecule has 2 fully saturated rings. The van der Waals surface area contributed by atoms with Crippen molar-refractivity contribution in [1.29, 1.82) is 0 Å². The second-order valence-electron chi connectivity index (χ2n) is 8.69. The summed E-state index contributed by atoms with van der Waals surface area (Å²) < 4.78 is 11.0. The topological polar surface area (TPSA) is 116 Å². The van der Waals surface area contributed by atoms with E-state index in [2.05, 4.69) is 13.8 Å². The highest BCUT2D eigenvalue weighted by atomic mass is 16.7. The van der Waals surface area contributed by atoms with Gasteiger partial charge in [0.15, 0.2) is 12.1 Å². The second kappa shape index (κ2) is 8.34. The Morgan fingerprint density at radius 1 is 1.29 bits per heavy atom. The molecule has 0 bridgehead atoms. The molecule has 2 aliphatic carbocycles. The monoisotopic (exact) mass is 396 g/mol. The lowest BCUT2D eigenvalue weighted by Crippen LogP contribution is -2.59. The fourth-order valence-electron chi connectivity index (χ4n) is 4.60. The summed E-state index contributed by atoms with van der Waals surface area (Å²) in [6.45, 7) is 5.83. The first kappa shape index (κ1) is 21.6. The van der Waals surface area contributed by atoms with Crippen LogP contribution >= 0.6 is 0 Å². The quantitative estimate of drug-likeness (QED) is 0.521. The molecule has 0 unspecified atom stereocenters. The zero-order valence-corrected chi connectivity index (χ0v) is 16.8. The Hall–Kier alpha value is -1.09. The first-order chi connectivity index (χ1) is 13.2. The number of carbonyl (C=O) groups excluding carboxylic acids is 1. The fraction of sp³-hybridized carbons (Fsp3) is 0.762. The molecule has 7 nitrogen and oxygen atoms in total. The second-order valence-corrected chi connectivity index (χ2v) is 8.69. The number of aliphatic hydroxyl groups excluding tert-OH is 4. The van der Waals surface area contributed by atoms with Gasteiger partial charge in [-0.25, -0.2) is 0 Å². The van der Waals surface area contributed by atoms with Gasteiger partial charge in [-0.1, -0.05) is 19.4 Å². The zero-order chi connectivity index (χ0) is 20.6. The maximum Gasteiger partial charge on any atom is 0.187 e. The number of hydrogen-bond acceptors (Lipinski definition) is 7. The van der Waals surface area contributed by atoms with Crippen LogP contribution in [0.3, 0.4) is 0 Å². The summed E-state index contributed by atoms with van der Waals surface area (Å²) in [7, 11) is 0. The summed E-state index contributed by atoms with van der Waals surface area (Å²) >= 11 is 0. The molecule has 0 amide bonds. The number of allylic oxidation sites excluding steroid dienone is 3. The number of ketones is 1. The van der Waals surface area contributed by atoms with Gasteiger partial charge in [0.05, 0.1) is 13.2 Å². The lowest BCUT2D eigenvalue weighted by atomic mass is 9.59. The molecule has 0 radical (unpaired) electrons. The van der Waals surface area contributed by atoms with Gasteiger partial charge in [-0.05, 0) is 55.6 Å². The SMILES string of the molecule is C/C(CO[C@@H]1O[C@H](CO)[C@@H](O)[C@H](O)[C@H]1O)=C1/C[C@@]2(C)C(=CC1=O)CCC[C@@H]2C. The van der Waals surface area contributed by atoms with Crippen molar-refractivity contribution >= 4 is 5.78 Å². The summed E-state index contributed by atoms with van der Waals surface area (Å²) in [6.07, 6.45) is -0.859. The smallest absolute Gasteiger partial charge is 0.187 e. The molecule has 0 aromatic rings. The molecule has 158 valence electrons. The van der Waals surface area contributed by atoms with Gasteiger partial charge in [-0.3, -0.25) is 4.79 Å². The van der Waals surface area contributed by atoms with Crippen LogP contribution in [0.4, 0.5) is 0 Å². The molecule has 28 heavy (non-hydrogen) atoms. The van der Waals surface area contributed by atoms with Crippen molar-refractivity contribution in [1.82, 2.24) is 0 Å². The first-order valence-electron chi connectivity index (χ1n) is 10.0. The maximum atomic E-state index is 12.7. The maximum absolute atomic E-state index is 12.7. The summed E-state index contributed by atoms with van der Waals surface area (Å²) in [6, 6.07) is 0. The molecule has 7 atom stereocenters. The van der Waals surface area contributed by atoms with Crippen molar-refractivity contribution in [2.75, 3.05) is 13.2 Å². The number of rotatable bonds is 4. The molecule has 0 spiro atoms. The number of hydrogen-bond donors (Lipinski definition) is 4. The van der Waals surface area contributed by atoms with Crippen LogP contribution in [0.5, 0.6) is 0 Å². The summed E-state index contributed by atoms with van der Waals surface area (Å²) in [4.78, 5) is 12.7. The molecule has 0 aromatic carbocycles. The molecule has 1 aliphatic heterocycles. The minimum absolute atomic E-state index is 0.0106. The highest BCUT2D eigenvalue weighted by molar-refractivity contribution is 6.06. The van der Waals surface area contributed by atoms with Gasteiger partial charge in [-0.15, -0.1) is 0 Å². The van der Waals surface area contributed by atoms with E-state index in [0.29, 0.717) is 12.3 Å². The van der Waals surface area contributed by atoms with Gasteiger partial charge in [-0.2, -0.15) is 0 Å². The number of fused-ring (bicyclic) bond motifs is 1. The van der Waals surface area contributed by atoms with E-state index in [1.165, 1.54) is 5.57 Å². The summed E-state index contributed by atoms with van der Waals surface area (Å²) in [5.74, 6) is 0.506. The van der Waals surface area contributed by atoms with Gasteiger partial charge in [0.2, 0.25) is 0 Å². The Kier molecular flexibility index (Phi) is 6.44. The van der Waals surface area contributed by atoms with Crippen LogP contribution in [-0.4, -0.2) is 70.1 Å². The summed E-state index contributed by atoms with van der Waals surface area (Å²) in [5, 5.41) is 39.1. The third-order valence-corrected chi connectivity index (χ3v) is 6.88. The number of aliphatic hydroxyl groups is 4. The minimum Gasteiger partial charge on any atom is -0.394 e. The Morgan fingerprint density at radius 3 is 2.68 bits per heavy atom. The molecule has 1 heterocycles. The molecule has 4 N–H and O–H groups in total.